The molecule has 2 rings (SSSR count). The number of hydrogen-bond acceptors (Lipinski definition) is 3. The molecule has 100 valence electrons. The largest absolute Gasteiger partial charge is 0.476 e. The lowest BCUT2D eigenvalue weighted by molar-refractivity contribution is 0.0691. The third-order valence-electron chi connectivity index (χ3n) is 2.88. The summed E-state index contributed by atoms with van der Waals surface area (Å²) in [5.74, 6) is -0.681. The van der Waals surface area contributed by atoms with Crippen LogP contribution in [-0.4, -0.2) is 26.1 Å². The molecule has 2 aromatic rings. The summed E-state index contributed by atoms with van der Waals surface area (Å²) in [6.45, 7) is 6.71. The monoisotopic (exact) mass is 259 g/mol. The molecule has 1 heterocycles. The van der Waals surface area contributed by atoms with Crippen LogP contribution in [0.4, 0.5) is 0 Å². The Morgan fingerprint density at radius 3 is 2.63 bits per heavy atom. The zero-order valence-corrected chi connectivity index (χ0v) is 11.3. The average Bonchev–Trinajstić information content (AvgIpc) is 2.72. The van der Waals surface area contributed by atoms with Crippen LogP contribution in [0.5, 0.6) is 0 Å². The predicted molar refractivity (Wildman–Crippen MR) is 72.0 cm³/mol. The van der Waals surface area contributed by atoms with E-state index in [0.29, 0.717) is 18.2 Å². The molecule has 0 aliphatic heterocycles. The van der Waals surface area contributed by atoms with Crippen molar-refractivity contribution in [2.24, 2.45) is 5.92 Å². The topological polar surface area (TPSA) is 68.0 Å². The van der Waals surface area contributed by atoms with Gasteiger partial charge in [0.05, 0.1) is 0 Å². The first-order chi connectivity index (χ1) is 9.00. The van der Waals surface area contributed by atoms with Crippen LogP contribution in [0.25, 0.3) is 11.3 Å². The van der Waals surface area contributed by atoms with Crippen molar-refractivity contribution < 1.29 is 9.90 Å². The number of aromatic carboxylic acids is 1. The molecule has 19 heavy (non-hydrogen) atoms. The molecule has 0 radical (unpaired) electrons. The Morgan fingerprint density at radius 2 is 2.05 bits per heavy atom. The molecular formula is C14H17N3O2. The van der Waals surface area contributed by atoms with E-state index >= 15 is 0 Å². The van der Waals surface area contributed by atoms with E-state index in [9.17, 15) is 9.90 Å². The van der Waals surface area contributed by atoms with Crippen molar-refractivity contribution in [3.05, 3.63) is 35.5 Å². The van der Waals surface area contributed by atoms with Gasteiger partial charge in [0.1, 0.15) is 5.69 Å². The predicted octanol–water partition coefficient (Wildman–Crippen LogP) is 2.61. The summed E-state index contributed by atoms with van der Waals surface area (Å²) in [5.41, 5.74) is 2.47. The van der Waals surface area contributed by atoms with E-state index < -0.39 is 5.97 Å². The number of nitrogens with zero attached hydrogens (tertiary/aromatic N) is 3. The number of aromatic nitrogens is 3. The number of benzene rings is 1. The van der Waals surface area contributed by atoms with E-state index in [1.54, 1.807) is 4.68 Å². The van der Waals surface area contributed by atoms with Crippen LogP contribution < -0.4 is 0 Å². The molecule has 5 heteroatoms. The average molecular weight is 259 g/mol. The van der Waals surface area contributed by atoms with Gasteiger partial charge >= 0.3 is 5.97 Å². The van der Waals surface area contributed by atoms with Crippen LogP contribution in [0.2, 0.25) is 0 Å². The van der Waals surface area contributed by atoms with Crippen molar-refractivity contribution in [3.63, 3.8) is 0 Å². The highest BCUT2D eigenvalue weighted by Crippen LogP contribution is 2.26. The van der Waals surface area contributed by atoms with Crippen LogP contribution in [0.15, 0.2) is 24.3 Å². The van der Waals surface area contributed by atoms with Gasteiger partial charge < -0.3 is 5.11 Å². The highest BCUT2D eigenvalue weighted by atomic mass is 16.4. The minimum absolute atomic E-state index is 0.00921. The minimum atomic E-state index is -1.05. The quantitative estimate of drug-likeness (QED) is 0.916. The number of aryl methyl sites for hydroxylation is 1. The zero-order chi connectivity index (χ0) is 14.0. The third kappa shape index (κ3) is 2.65. The maximum absolute atomic E-state index is 11.3. The molecule has 1 aromatic heterocycles. The Bertz CT molecular complexity index is 602. The van der Waals surface area contributed by atoms with Crippen molar-refractivity contribution in [1.29, 1.82) is 0 Å². The summed E-state index contributed by atoms with van der Waals surface area (Å²) in [4.78, 5) is 11.3. The Kier molecular flexibility index (Phi) is 3.64. The van der Waals surface area contributed by atoms with E-state index in [4.69, 9.17) is 0 Å². The molecule has 0 amide bonds. The van der Waals surface area contributed by atoms with Gasteiger partial charge in [-0.2, -0.15) is 0 Å². The normalized spacial score (nSPS) is 10.9. The van der Waals surface area contributed by atoms with Gasteiger partial charge in [0, 0.05) is 12.1 Å². The molecule has 0 saturated carbocycles. The highest BCUT2D eigenvalue weighted by Gasteiger charge is 2.21. The lowest BCUT2D eigenvalue weighted by atomic mass is 10.0. The number of rotatable bonds is 4. The Hall–Kier alpha value is -2.17. The first-order valence-electron chi connectivity index (χ1n) is 6.23. The minimum Gasteiger partial charge on any atom is -0.476 e. The van der Waals surface area contributed by atoms with E-state index in [1.165, 1.54) is 0 Å². The lowest BCUT2D eigenvalue weighted by Crippen LogP contribution is -2.09. The Labute approximate surface area is 111 Å². The van der Waals surface area contributed by atoms with Crippen molar-refractivity contribution in [2.75, 3.05) is 0 Å². The molecule has 0 spiro atoms. The third-order valence-corrected chi connectivity index (χ3v) is 2.88. The van der Waals surface area contributed by atoms with Crippen molar-refractivity contribution in [3.8, 4) is 11.3 Å². The zero-order valence-electron chi connectivity index (χ0n) is 11.3. The SMILES string of the molecule is Cc1ccccc1-c1c(C(=O)O)nnn1CC(C)C. The molecule has 5 nitrogen and oxygen atoms in total. The Balaban J connectivity index is 2.61. The molecule has 0 bridgehead atoms. The molecule has 1 N–H and O–H groups in total. The maximum Gasteiger partial charge on any atom is 0.358 e. The van der Waals surface area contributed by atoms with Crippen LogP contribution in [-0.2, 0) is 6.54 Å². The van der Waals surface area contributed by atoms with Gasteiger partial charge in [-0.05, 0) is 18.4 Å². The molecular weight excluding hydrogens is 242 g/mol. The van der Waals surface area contributed by atoms with Gasteiger partial charge in [-0.3, -0.25) is 0 Å². The van der Waals surface area contributed by atoms with Gasteiger partial charge in [0.25, 0.3) is 0 Å². The summed E-state index contributed by atoms with van der Waals surface area (Å²) < 4.78 is 1.68. The second kappa shape index (κ2) is 5.22. The molecule has 0 unspecified atom stereocenters. The van der Waals surface area contributed by atoms with Gasteiger partial charge in [-0.25, -0.2) is 9.48 Å². The first-order valence-corrected chi connectivity index (χ1v) is 6.23. The lowest BCUT2D eigenvalue weighted by Gasteiger charge is -2.11. The van der Waals surface area contributed by atoms with E-state index in [-0.39, 0.29) is 5.69 Å². The van der Waals surface area contributed by atoms with Gasteiger partial charge in [0.15, 0.2) is 5.69 Å². The van der Waals surface area contributed by atoms with E-state index in [2.05, 4.69) is 24.2 Å². The smallest absolute Gasteiger partial charge is 0.358 e. The number of carboxylic acid groups (broad SMARTS) is 1. The molecule has 0 aliphatic carbocycles. The maximum atomic E-state index is 11.3. The second-order valence-electron chi connectivity index (χ2n) is 4.98. The summed E-state index contributed by atoms with van der Waals surface area (Å²) in [6, 6.07) is 7.67. The number of carbonyl (C=O) groups is 1. The number of hydrogen-bond donors (Lipinski definition) is 1. The van der Waals surface area contributed by atoms with Gasteiger partial charge in [0.2, 0.25) is 0 Å². The summed E-state index contributed by atoms with van der Waals surface area (Å²) in [6.07, 6.45) is 0. The van der Waals surface area contributed by atoms with Crippen LogP contribution >= 0.6 is 0 Å². The molecule has 0 saturated heterocycles. The fourth-order valence-corrected chi connectivity index (χ4v) is 2.04. The van der Waals surface area contributed by atoms with Crippen molar-refractivity contribution >= 4 is 5.97 Å². The molecule has 0 aliphatic rings. The molecule has 0 atom stereocenters. The van der Waals surface area contributed by atoms with Gasteiger partial charge in [-0.1, -0.05) is 43.3 Å². The highest BCUT2D eigenvalue weighted by molar-refractivity contribution is 5.93. The van der Waals surface area contributed by atoms with Crippen LogP contribution in [0.1, 0.15) is 29.9 Å². The second-order valence-corrected chi connectivity index (χ2v) is 4.98. The first kappa shape index (κ1) is 13.3. The fourth-order valence-electron chi connectivity index (χ4n) is 2.04. The van der Waals surface area contributed by atoms with E-state index in [1.807, 2.05) is 31.2 Å². The van der Waals surface area contributed by atoms with Gasteiger partial charge in [-0.15, -0.1) is 5.10 Å². The standard InChI is InChI=1S/C14H17N3O2/c1-9(2)8-17-13(12(14(18)19)15-16-17)11-7-5-4-6-10(11)3/h4-7,9H,8H2,1-3H3,(H,18,19). The summed E-state index contributed by atoms with van der Waals surface area (Å²) in [7, 11) is 0. The molecule has 1 aromatic carbocycles. The van der Waals surface area contributed by atoms with Crippen molar-refractivity contribution in [2.45, 2.75) is 27.3 Å². The van der Waals surface area contributed by atoms with Crippen LogP contribution in [0.3, 0.4) is 0 Å². The molecule has 0 fully saturated rings. The van der Waals surface area contributed by atoms with Crippen LogP contribution in [0, 0.1) is 12.8 Å². The fraction of sp³-hybridized carbons (Fsp3) is 0.357. The number of carboxylic acids is 1. The Morgan fingerprint density at radius 1 is 1.37 bits per heavy atom. The summed E-state index contributed by atoms with van der Waals surface area (Å²) >= 11 is 0. The van der Waals surface area contributed by atoms with E-state index in [0.717, 1.165) is 11.1 Å². The van der Waals surface area contributed by atoms with Crippen molar-refractivity contribution in [1.82, 2.24) is 15.0 Å². The summed E-state index contributed by atoms with van der Waals surface area (Å²) in [5, 5.41) is 17.0.